The van der Waals surface area contributed by atoms with Crippen LogP contribution in [-0.4, -0.2) is 38.0 Å². The molecule has 1 amide bonds. The van der Waals surface area contributed by atoms with Crippen molar-refractivity contribution in [1.29, 1.82) is 0 Å². The van der Waals surface area contributed by atoms with E-state index in [0.29, 0.717) is 13.0 Å². The molecule has 0 aliphatic rings. The van der Waals surface area contributed by atoms with Gasteiger partial charge in [0, 0.05) is 25.2 Å². The molecule has 0 saturated carbocycles. The second kappa shape index (κ2) is 6.91. The van der Waals surface area contributed by atoms with Gasteiger partial charge in [0.2, 0.25) is 5.91 Å². The molecular weight excluding hydrogens is 214 g/mol. The first kappa shape index (κ1) is 13.5. The Morgan fingerprint density at radius 1 is 1.41 bits per heavy atom. The maximum atomic E-state index is 11.5. The number of nitrogen functional groups attached to an aromatic ring is 1. The number of aryl methyl sites for hydroxylation is 1. The van der Waals surface area contributed by atoms with Gasteiger partial charge in [0.15, 0.2) is 0 Å². The number of nitrogens with two attached hydrogens (primary N) is 1. The van der Waals surface area contributed by atoms with Gasteiger partial charge in [0.1, 0.15) is 0 Å². The average molecular weight is 235 g/mol. The molecule has 0 heterocycles. The molecule has 94 valence electrons. The molecule has 0 aromatic heterocycles. The fraction of sp³-hybridized carbons (Fsp3) is 0.462. The highest BCUT2D eigenvalue weighted by atomic mass is 16.1. The number of hydrogen-bond donors (Lipinski definition) is 2. The van der Waals surface area contributed by atoms with E-state index in [-0.39, 0.29) is 5.91 Å². The summed E-state index contributed by atoms with van der Waals surface area (Å²) in [5, 5.41) is 2.89. The number of benzene rings is 1. The van der Waals surface area contributed by atoms with Gasteiger partial charge in [-0.1, -0.05) is 12.1 Å². The molecule has 4 nitrogen and oxygen atoms in total. The molecule has 0 bridgehead atoms. The Balaban J connectivity index is 2.24. The van der Waals surface area contributed by atoms with E-state index >= 15 is 0 Å². The summed E-state index contributed by atoms with van der Waals surface area (Å²) in [6.45, 7) is 1.56. The van der Waals surface area contributed by atoms with Crippen LogP contribution >= 0.6 is 0 Å². The van der Waals surface area contributed by atoms with Crippen LogP contribution in [0.5, 0.6) is 0 Å². The van der Waals surface area contributed by atoms with Gasteiger partial charge in [-0.15, -0.1) is 0 Å². The first-order valence-corrected chi connectivity index (χ1v) is 5.84. The summed E-state index contributed by atoms with van der Waals surface area (Å²) in [7, 11) is 3.97. The normalized spacial score (nSPS) is 10.5. The van der Waals surface area contributed by atoms with E-state index in [9.17, 15) is 4.79 Å². The van der Waals surface area contributed by atoms with E-state index in [4.69, 9.17) is 5.73 Å². The third kappa shape index (κ3) is 5.92. The van der Waals surface area contributed by atoms with Gasteiger partial charge in [0.25, 0.3) is 0 Å². The molecule has 3 N–H and O–H groups in total. The van der Waals surface area contributed by atoms with Crippen molar-refractivity contribution < 1.29 is 4.79 Å². The molecule has 1 aromatic rings. The summed E-state index contributed by atoms with van der Waals surface area (Å²) in [5.41, 5.74) is 7.52. The molecule has 0 atom stereocenters. The molecule has 17 heavy (non-hydrogen) atoms. The van der Waals surface area contributed by atoms with Crippen LogP contribution in [0.15, 0.2) is 24.3 Å². The first-order valence-electron chi connectivity index (χ1n) is 5.84. The second-order valence-electron chi connectivity index (χ2n) is 4.40. The lowest BCUT2D eigenvalue weighted by Gasteiger charge is -2.10. The number of carbonyl (C=O) groups excluding carboxylic acids is 1. The Morgan fingerprint density at radius 2 is 2.18 bits per heavy atom. The van der Waals surface area contributed by atoms with E-state index in [1.54, 1.807) is 0 Å². The fourth-order valence-corrected chi connectivity index (χ4v) is 1.51. The van der Waals surface area contributed by atoms with Crippen LogP contribution in [0.4, 0.5) is 5.69 Å². The Hall–Kier alpha value is -1.55. The summed E-state index contributed by atoms with van der Waals surface area (Å²) < 4.78 is 0. The highest BCUT2D eigenvalue weighted by Gasteiger charge is 2.02. The van der Waals surface area contributed by atoms with Crippen LogP contribution < -0.4 is 11.1 Å². The van der Waals surface area contributed by atoms with Crippen molar-refractivity contribution in [1.82, 2.24) is 10.2 Å². The van der Waals surface area contributed by atoms with Crippen LogP contribution in [0.25, 0.3) is 0 Å². The third-order valence-corrected chi connectivity index (χ3v) is 2.47. The predicted molar refractivity (Wildman–Crippen MR) is 70.7 cm³/mol. The van der Waals surface area contributed by atoms with E-state index in [1.165, 1.54) is 0 Å². The predicted octanol–water partition coefficient (Wildman–Crippen LogP) is 0.879. The van der Waals surface area contributed by atoms with Crippen molar-refractivity contribution in [3.8, 4) is 0 Å². The lowest BCUT2D eigenvalue weighted by Crippen LogP contribution is -2.31. The molecule has 0 spiro atoms. The summed E-state index contributed by atoms with van der Waals surface area (Å²) in [6, 6.07) is 7.66. The Kier molecular flexibility index (Phi) is 5.49. The highest BCUT2D eigenvalue weighted by molar-refractivity contribution is 5.76. The van der Waals surface area contributed by atoms with Crippen molar-refractivity contribution in [2.75, 3.05) is 32.9 Å². The number of anilines is 1. The minimum absolute atomic E-state index is 0.0919. The Morgan fingerprint density at radius 3 is 2.82 bits per heavy atom. The highest BCUT2D eigenvalue weighted by Crippen LogP contribution is 2.08. The number of hydrogen-bond acceptors (Lipinski definition) is 3. The van der Waals surface area contributed by atoms with Crippen molar-refractivity contribution in [3.63, 3.8) is 0 Å². The summed E-state index contributed by atoms with van der Waals surface area (Å²) in [6.07, 6.45) is 1.25. The molecule has 0 aliphatic heterocycles. The first-order chi connectivity index (χ1) is 8.08. The van der Waals surface area contributed by atoms with Crippen molar-refractivity contribution >= 4 is 11.6 Å². The third-order valence-electron chi connectivity index (χ3n) is 2.47. The number of nitrogens with zero attached hydrogens (tertiary/aromatic N) is 1. The van der Waals surface area contributed by atoms with Gasteiger partial charge < -0.3 is 16.0 Å². The van der Waals surface area contributed by atoms with Gasteiger partial charge >= 0.3 is 0 Å². The Bertz CT molecular complexity index is 363. The van der Waals surface area contributed by atoms with Gasteiger partial charge in [-0.25, -0.2) is 0 Å². The number of rotatable bonds is 6. The summed E-state index contributed by atoms with van der Waals surface area (Å²) >= 11 is 0. The lowest BCUT2D eigenvalue weighted by atomic mass is 10.1. The zero-order valence-corrected chi connectivity index (χ0v) is 10.6. The molecule has 0 aliphatic carbocycles. The molecule has 0 radical (unpaired) electrons. The second-order valence-corrected chi connectivity index (χ2v) is 4.40. The minimum atomic E-state index is 0.0919. The van der Waals surface area contributed by atoms with E-state index < -0.39 is 0 Å². The van der Waals surface area contributed by atoms with Crippen LogP contribution in [0.3, 0.4) is 0 Å². The quantitative estimate of drug-likeness (QED) is 0.720. The van der Waals surface area contributed by atoms with E-state index in [2.05, 4.69) is 5.32 Å². The topological polar surface area (TPSA) is 58.4 Å². The van der Waals surface area contributed by atoms with Crippen LogP contribution in [0, 0.1) is 0 Å². The van der Waals surface area contributed by atoms with Crippen LogP contribution in [-0.2, 0) is 11.2 Å². The van der Waals surface area contributed by atoms with Crippen molar-refractivity contribution in [3.05, 3.63) is 29.8 Å². The number of nitrogens with one attached hydrogen (secondary N) is 1. The monoisotopic (exact) mass is 235 g/mol. The summed E-state index contributed by atoms with van der Waals surface area (Å²) in [5.74, 6) is 0.0919. The maximum Gasteiger partial charge on any atom is 0.220 e. The van der Waals surface area contributed by atoms with Gasteiger partial charge in [-0.05, 0) is 38.2 Å². The SMILES string of the molecule is CN(C)CCNC(=O)CCc1cccc(N)c1. The molecule has 4 heteroatoms. The van der Waals surface area contributed by atoms with Gasteiger partial charge in [0.05, 0.1) is 0 Å². The fourth-order valence-electron chi connectivity index (χ4n) is 1.51. The van der Waals surface area contributed by atoms with Crippen molar-refractivity contribution in [2.45, 2.75) is 12.8 Å². The molecule has 0 saturated heterocycles. The molecule has 0 fully saturated rings. The lowest BCUT2D eigenvalue weighted by molar-refractivity contribution is -0.121. The zero-order chi connectivity index (χ0) is 12.7. The van der Waals surface area contributed by atoms with Crippen molar-refractivity contribution in [2.24, 2.45) is 0 Å². The largest absolute Gasteiger partial charge is 0.399 e. The zero-order valence-electron chi connectivity index (χ0n) is 10.6. The molecule has 1 aromatic carbocycles. The number of likely N-dealkylation sites (N-methyl/N-ethyl adjacent to an activating group) is 1. The Labute approximate surface area is 103 Å². The average Bonchev–Trinajstić information content (AvgIpc) is 2.26. The van der Waals surface area contributed by atoms with E-state index in [1.807, 2.05) is 43.3 Å². The number of amides is 1. The minimum Gasteiger partial charge on any atom is -0.399 e. The summed E-state index contributed by atoms with van der Waals surface area (Å²) in [4.78, 5) is 13.6. The molecule has 1 rings (SSSR count). The smallest absolute Gasteiger partial charge is 0.220 e. The van der Waals surface area contributed by atoms with Crippen LogP contribution in [0.2, 0.25) is 0 Å². The molecule has 0 unspecified atom stereocenters. The van der Waals surface area contributed by atoms with Crippen LogP contribution in [0.1, 0.15) is 12.0 Å². The standard InChI is InChI=1S/C13H21N3O/c1-16(2)9-8-15-13(17)7-6-11-4-3-5-12(14)10-11/h3-5,10H,6-9,14H2,1-2H3,(H,15,17). The maximum absolute atomic E-state index is 11.5. The van der Waals surface area contributed by atoms with Gasteiger partial charge in [-0.3, -0.25) is 4.79 Å². The van der Waals surface area contributed by atoms with Gasteiger partial charge in [-0.2, -0.15) is 0 Å². The number of carbonyl (C=O) groups is 1. The molecular formula is C13H21N3O. The van der Waals surface area contributed by atoms with E-state index in [0.717, 1.165) is 24.2 Å².